The summed E-state index contributed by atoms with van der Waals surface area (Å²) in [6, 6.07) is 14.6. The van der Waals surface area contributed by atoms with Crippen LogP contribution in [0.25, 0.3) is 0 Å². The molecule has 5 heteroatoms. The van der Waals surface area contributed by atoms with Crippen LogP contribution in [0.3, 0.4) is 0 Å². The van der Waals surface area contributed by atoms with E-state index in [1.807, 2.05) is 24.3 Å². The number of hydrogen-bond acceptors (Lipinski definition) is 4. The second kappa shape index (κ2) is 5.50. The maximum atomic E-state index is 11.4. The van der Waals surface area contributed by atoms with Crippen LogP contribution < -0.4 is 5.32 Å². The summed E-state index contributed by atoms with van der Waals surface area (Å²) in [6.07, 6.45) is 5.16. The number of hydrogen-bond donors (Lipinski definition) is 1. The molecule has 0 saturated carbocycles. The molecule has 0 spiro atoms. The van der Waals surface area contributed by atoms with Crippen molar-refractivity contribution >= 4 is 11.4 Å². The Kier molecular flexibility index (Phi) is 3.31. The average molecular weight is 317 g/mol. The maximum absolute atomic E-state index is 11.4. The van der Waals surface area contributed by atoms with E-state index in [1.54, 1.807) is 18.2 Å². The first-order chi connectivity index (χ1) is 11.7. The summed E-state index contributed by atoms with van der Waals surface area (Å²) in [5.41, 5.74) is 3.56. The third kappa shape index (κ3) is 2.16. The summed E-state index contributed by atoms with van der Waals surface area (Å²) in [5, 5.41) is 24.0. The smallest absolute Gasteiger partial charge is 0.274 e. The first-order valence-corrected chi connectivity index (χ1v) is 7.89. The van der Waals surface area contributed by atoms with Crippen LogP contribution in [0, 0.1) is 27.4 Å². The Hall–Kier alpha value is -3.13. The molecule has 2 aromatic rings. The van der Waals surface area contributed by atoms with Gasteiger partial charge in [0.2, 0.25) is 0 Å². The fourth-order valence-electron chi connectivity index (χ4n) is 3.89. The second-order valence-corrected chi connectivity index (χ2v) is 6.21. The van der Waals surface area contributed by atoms with Crippen LogP contribution in [-0.4, -0.2) is 4.92 Å². The summed E-state index contributed by atoms with van der Waals surface area (Å²) < 4.78 is 0. The van der Waals surface area contributed by atoms with Gasteiger partial charge in [-0.1, -0.05) is 30.4 Å². The van der Waals surface area contributed by atoms with Crippen LogP contribution in [0.4, 0.5) is 11.4 Å². The lowest BCUT2D eigenvalue weighted by atomic mass is 9.76. The Balaban J connectivity index is 1.83. The van der Waals surface area contributed by atoms with E-state index < -0.39 is 0 Å². The van der Waals surface area contributed by atoms with Crippen LogP contribution >= 0.6 is 0 Å². The van der Waals surface area contributed by atoms with E-state index in [0.29, 0.717) is 5.56 Å². The molecule has 2 aliphatic rings. The molecule has 0 fully saturated rings. The van der Waals surface area contributed by atoms with Crippen molar-refractivity contribution in [3.05, 3.63) is 81.4 Å². The number of anilines is 1. The molecule has 5 nitrogen and oxygen atoms in total. The molecule has 3 atom stereocenters. The predicted molar refractivity (Wildman–Crippen MR) is 90.6 cm³/mol. The summed E-state index contributed by atoms with van der Waals surface area (Å²) in [4.78, 5) is 11.1. The standard InChI is InChI=1S/C19H15N3O2/c20-11-12-8-9-17-16(10-12)13-5-3-6-14(13)19(21-17)15-4-1-2-7-18(15)22(23)24/h1-5,7-10,13-14,19,21H,6H2. The zero-order chi connectivity index (χ0) is 16.7. The number of nitrogens with zero attached hydrogens (tertiary/aromatic N) is 2. The van der Waals surface area contributed by atoms with Crippen LogP contribution in [-0.2, 0) is 0 Å². The van der Waals surface area contributed by atoms with Gasteiger partial charge in [-0.3, -0.25) is 10.1 Å². The summed E-state index contributed by atoms with van der Waals surface area (Å²) in [5.74, 6) is 0.395. The molecule has 0 bridgehead atoms. The molecule has 118 valence electrons. The zero-order valence-corrected chi connectivity index (χ0v) is 12.8. The summed E-state index contributed by atoms with van der Waals surface area (Å²) >= 11 is 0. The van der Waals surface area contributed by atoms with Gasteiger partial charge in [0.15, 0.2) is 0 Å². The van der Waals surface area contributed by atoms with Crippen molar-refractivity contribution in [2.75, 3.05) is 5.32 Å². The maximum Gasteiger partial charge on any atom is 0.274 e. The van der Waals surface area contributed by atoms with Gasteiger partial charge in [0.05, 0.1) is 28.2 Å². The number of benzene rings is 2. The van der Waals surface area contributed by atoms with Crippen molar-refractivity contribution < 1.29 is 4.92 Å². The zero-order valence-electron chi connectivity index (χ0n) is 12.8. The van der Waals surface area contributed by atoms with Gasteiger partial charge < -0.3 is 5.32 Å². The Morgan fingerprint density at radius 3 is 2.83 bits per heavy atom. The number of nitriles is 1. The van der Waals surface area contributed by atoms with Crippen LogP contribution in [0.2, 0.25) is 0 Å². The molecule has 0 radical (unpaired) electrons. The highest BCUT2D eigenvalue weighted by Gasteiger charge is 2.40. The molecule has 1 aliphatic heterocycles. The summed E-state index contributed by atoms with van der Waals surface area (Å²) in [7, 11) is 0. The van der Waals surface area contributed by atoms with Crippen LogP contribution in [0.5, 0.6) is 0 Å². The Labute approximate surface area is 139 Å². The van der Waals surface area contributed by atoms with Gasteiger partial charge in [-0.2, -0.15) is 5.26 Å². The number of allylic oxidation sites excluding steroid dienone is 2. The van der Waals surface area contributed by atoms with Crippen LogP contribution in [0.1, 0.15) is 35.1 Å². The topological polar surface area (TPSA) is 79.0 Å². The minimum absolute atomic E-state index is 0.118. The third-order valence-electron chi connectivity index (χ3n) is 4.96. The number of para-hydroxylation sites is 1. The molecule has 0 aromatic heterocycles. The van der Waals surface area contributed by atoms with Gasteiger partial charge in [-0.25, -0.2) is 0 Å². The summed E-state index contributed by atoms with van der Waals surface area (Å²) in [6.45, 7) is 0. The van der Waals surface area contributed by atoms with Gasteiger partial charge >= 0.3 is 0 Å². The molecule has 1 heterocycles. The Morgan fingerprint density at radius 1 is 1.21 bits per heavy atom. The van der Waals surface area contributed by atoms with E-state index in [0.717, 1.165) is 23.2 Å². The molecule has 24 heavy (non-hydrogen) atoms. The molecule has 3 unspecified atom stereocenters. The van der Waals surface area contributed by atoms with Crippen molar-refractivity contribution in [2.24, 2.45) is 5.92 Å². The third-order valence-corrected chi connectivity index (χ3v) is 4.96. The SMILES string of the molecule is N#Cc1ccc2c(c1)C1C=CCC1C(c1ccccc1[N+](=O)[O-])N2. The molecule has 4 rings (SSSR count). The molecule has 1 N–H and O–H groups in total. The fourth-order valence-corrected chi connectivity index (χ4v) is 3.89. The van der Waals surface area contributed by atoms with Gasteiger partial charge in [0, 0.05) is 17.7 Å². The highest BCUT2D eigenvalue weighted by Crippen LogP contribution is 2.51. The minimum atomic E-state index is -0.317. The van der Waals surface area contributed by atoms with Gasteiger partial charge in [0.25, 0.3) is 5.69 Å². The number of fused-ring (bicyclic) bond motifs is 3. The lowest BCUT2D eigenvalue weighted by Gasteiger charge is -2.37. The van der Waals surface area contributed by atoms with E-state index in [1.165, 1.54) is 0 Å². The first-order valence-electron chi connectivity index (χ1n) is 7.89. The number of nitro benzene ring substituents is 1. The highest BCUT2D eigenvalue weighted by atomic mass is 16.6. The van der Waals surface area contributed by atoms with E-state index >= 15 is 0 Å². The lowest BCUT2D eigenvalue weighted by Crippen LogP contribution is -2.29. The largest absolute Gasteiger partial charge is 0.377 e. The molecule has 1 aliphatic carbocycles. The fraction of sp³-hybridized carbons (Fsp3) is 0.211. The van der Waals surface area contributed by atoms with E-state index in [4.69, 9.17) is 5.26 Å². The Bertz CT molecular complexity index is 898. The number of nitro groups is 1. The number of rotatable bonds is 2. The lowest BCUT2D eigenvalue weighted by molar-refractivity contribution is -0.385. The predicted octanol–water partition coefficient (Wildman–Crippen LogP) is 4.29. The first kappa shape index (κ1) is 14.5. The van der Waals surface area contributed by atoms with Crippen LogP contribution in [0.15, 0.2) is 54.6 Å². The molecule has 0 saturated heterocycles. The van der Waals surface area contributed by atoms with Gasteiger partial charge in [-0.15, -0.1) is 0 Å². The molecular formula is C19H15N3O2. The molecule has 2 aromatic carbocycles. The average Bonchev–Trinajstić information content (AvgIpc) is 3.10. The van der Waals surface area contributed by atoms with Gasteiger partial charge in [0.1, 0.15) is 0 Å². The number of nitrogens with one attached hydrogen (secondary N) is 1. The molecule has 0 amide bonds. The van der Waals surface area contributed by atoms with E-state index in [-0.39, 0.29) is 28.5 Å². The van der Waals surface area contributed by atoms with Crippen molar-refractivity contribution in [1.29, 1.82) is 5.26 Å². The van der Waals surface area contributed by atoms with E-state index in [9.17, 15) is 10.1 Å². The second-order valence-electron chi connectivity index (χ2n) is 6.21. The minimum Gasteiger partial charge on any atom is -0.377 e. The van der Waals surface area contributed by atoms with Crippen molar-refractivity contribution in [1.82, 2.24) is 0 Å². The monoisotopic (exact) mass is 317 g/mol. The van der Waals surface area contributed by atoms with Crippen molar-refractivity contribution in [2.45, 2.75) is 18.4 Å². The van der Waals surface area contributed by atoms with Gasteiger partial charge in [-0.05, 0) is 36.1 Å². The quantitative estimate of drug-likeness (QED) is 0.509. The van der Waals surface area contributed by atoms with E-state index in [2.05, 4.69) is 23.5 Å². The van der Waals surface area contributed by atoms with Crippen molar-refractivity contribution in [3.63, 3.8) is 0 Å². The molecular weight excluding hydrogens is 302 g/mol. The highest BCUT2D eigenvalue weighted by molar-refractivity contribution is 5.63. The normalized spacial score (nSPS) is 23.7. The Morgan fingerprint density at radius 2 is 2.04 bits per heavy atom. The van der Waals surface area contributed by atoms with Crippen molar-refractivity contribution in [3.8, 4) is 6.07 Å².